The van der Waals surface area contributed by atoms with Gasteiger partial charge in [-0.15, -0.1) is 0 Å². The summed E-state index contributed by atoms with van der Waals surface area (Å²) in [4.78, 5) is 10.3. The summed E-state index contributed by atoms with van der Waals surface area (Å²) in [5.41, 5.74) is 0. The topological polar surface area (TPSA) is 54.0 Å². The molecule has 0 unspecified atom stereocenters. The van der Waals surface area contributed by atoms with Gasteiger partial charge in [-0.3, -0.25) is 4.79 Å². The standard InChI is InChI=1S/C10H20O4.C8H18O/c1-3-4-5-12-6-7-13-8-9-14-10(2)11;1-3-5-7-9-8-6-4-2/h3-9H2,1-2H3;3-8H2,1-2H3. The Morgan fingerprint density at radius 1 is 0.609 bits per heavy atom. The van der Waals surface area contributed by atoms with Crippen LogP contribution in [-0.2, 0) is 23.7 Å². The average molecular weight is 334 g/mol. The van der Waals surface area contributed by atoms with Gasteiger partial charge in [-0.1, -0.05) is 40.0 Å². The van der Waals surface area contributed by atoms with E-state index in [4.69, 9.17) is 14.2 Å². The van der Waals surface area contributed by atoms with E-state index in [9.17, 15) is 4.79 Å². The summed E-state index contributed by atoms with van der Waals surface area (Å²) in [5.74, 6) is -0.271. The van der Waals surface area contributed by atoms with E-state index >= 15 is 0 Å². The van der Waals surface area contributed by atoms with Gasteiger partial charge < -0.3 is 18.9 Å². The molecule has 5 heteroatoms. The molecular weight excluding hydrogens is 296 g/mol. The fourth-order valence-electron chi connectivity index (χ4n) is 1.41. The number of carbonyl (C=O) groups is 1. The number of esters is 1. The van der Waals surface area contributed by atoms with Crippen LogP contribution in [0.4, 0.5) is 0 Å². The van der Waals surface area contributed by atoms with Crippen LogP contribution >= 0.6 is 0 Å². The van der Waals surface area contributed by atoms with Gasteiger partial charge in [0.05, 0.1) is 19.8 Å². The lowest BCUT2D eigenvalue weighted by Gasteiger charge is -2.05. The van der Waals surface area contributed by atoms with Gasteiger partial charge in [0.25, 0.3) is 0 Å². The van der Waals surface area contributed by atoms with E-state index < -0.39 is 0 Å². The van der Waals surface area contributed by atoms with Crippen molar-refractivity contribution in [2.45, 2.75) is 66.2 Å². The molecule has 140 valence electrons. The fourth-order valence-corrected chi connectivity index (χ4v) is 1.41. The molecule has 0 aromatic carbocycles. The molecule has 0 rings (SSSR count). The summed E-state index contributed by atoms with van der Waals surface area (Å²) in [7, 11) is 0. The van der Waals surface area contributed by atoms with E-state index in [0.29, 0.717) is 26.4 Å². The third kappa shape index (κ3) is 29.9. The molecule has 0 radical (unpaired) electrons. The smallest absolute Gasteiger partial charge is 0.302 e. The lowest BCUT2D eigenvalue weighted by Crippen LogP contribution is -2.11. The molecule has 0 fully saturated rings. The molecule has 0 saturated heterocycles. The van der Waals surface area contributed by atoms with Crippen molar-refractivity contribution in [3.63, 3.8) is 0 Å². The number of rotatable bonds is 15. The second-order valence-electron chi connectivity index (χ2n) is 5.24. The van der Waals surface area contributed by atoms with Crippen LogP contribution in [-0.4, -0.2) is 52.2 Å². The molecule has 0 aromatic heterocycles. The maximum absolute atomic E-state index is 10.3. The van der Waals surface area contributed by atoms with Crippen LogP contribution in [0.3, 0.4) is 0 Å². The van der Waals surface area contributed by atoms with Gasteiger partial charge in [-0.25, -0.2) is 0 Å². The van der Waals surface area contributed by atoms with E-state index in [1.807, 2.05) is 0 Å². The molecule has 0 amide bonds. The highest BCUT2D eigenvalue weighted by molar-refractivity contribution is 5.65. The van der Waals surface area contributed by atoms with Crippen LogP contribution in [0.25, 0.3) is 0 Å². The van der Waals surface area contributed by atoms with Crippen molar-refractivity contribution in [3.05, 3.63) is 0 Å². The first-order valence-corrected chi connectivity index (χ1v) is 9.05. The lowest BCUT2D eigenvalue weighted by molar-refractivity contribution is -0.142. The van der Waals surface area contributed by atoms with Crippen LogP contribution < -0.4 is 0 Å². The zero-order valence-corrected chi connectivity index (χ0v) is 15.7. The third-order valence-electron chi connectivity index (χ3n) is 2.83. The Bertz CT molecular complexity index is 215. The molecule has 0 bridgehead atoms. The highest BCUT2D eigenvalue weighted by Gasteiger charge is 1.93. The van der Waals surface area contributed by atoms with Gasteiger partial charge >= 0.3 is 5.97 Å². The molecule has 0 aliphatic heterocycles. The van der Waals surface area contributed by atoms with E-state index in [1.54, 1.807) is 0 Å². The molecule has 0 aliphatic rings. The zero-order chi connectivity index (χ0) is 17.6. The summed E-state index contributed by atoms with van der Waals surface area (Å²) in [6, 6.07) is 0. The number of carbonyl (C=O) groups excluding carboxylic acids is 1. The molecule has 0 heterocycles. The summed E-state index contributed by atoms with van der Waals surface area (Å²) < 4.78 is 20.4. The SMILES string of the molecule is CCCCOCCCC.CCCCOCCOCCOC(C)=O. The Kier molecular flexibility index (Phi) is 25.3. The first-order chi connectivity index (χ1) is 11.2. The van der Waals surface area contributed by atoms with Crippen molar-refractivity contribution >= 4 is 5.97 Å². The van der Waals surface area contributed by atoms with E-state index in [1.165, 1.54) is 32.6 Å². The normalized spacial score (nSPS) is 10.1. The molecule has 0 aliphatic carbocycles. The van der Waals surface area contributed by atoms with Crippen molar-refractivity contribution in [1.82, 2.24) is 0 Å². The van der Waals surface area contributed by atoms with E-state index in [2.05, 4.69) is 25.5 Å². The molecule has 0 spiro atoms. The van der Waals surface area contributed by atoms with Crippen molar-refractivity contribution in [2.24, 2.45) is 0 Å². The molecule has 0 atom stereocenters. The van der Waals surface area contributed by atoms with Crippen molar-refractivity contribution in [1.29, 1.82) is 0 Å². The fraction of sp³-hybridized carbons (Fsp3) is 0.944. The predicted octanol–water partition coefficient (Wildman–Crippen LogP) is 3.99. The first-order valence-electron chi connectivity index (χ1n) is 9.05. The van der Waals surface area contributed by atoms with Gasteiger partial charge in [-0.05, 0) is 19.3 Å². The Balaban J connectivity index is 0. The zero-order valence-electron chi connectivity index (χ0n) is 15.7. The average Bonchev–Trinajstić information content (AvgIpc) is 2.54. The minimum atomic E-state index is -0.271. The number of hydrogen-bond acceptors (Lipinski definition) is 5. The maximum Gasteiger partial charge on any atom is 0.302 e. The van der Waals surface area contributed by atoms with Crippen LogP contribution in [0.1, 0.15) is 66.2 Å². The molecule has 0 saturated carbocycles. The molecule has 0 N–H and O–H groups in total. The largest absolute Gasteiger partial charge is 0.463 e. The predicted molar refractivity (Wildman–Crippen MR) is 93.8 cm³/mol. The van der Waals surface area contributed by atoms with Crippen LogP contribution in [0.15, 0.2) is 0 Å². The maximum atomic E-state index is 10.3. The van der Waals surface area contributed by atoms with Crippen molar-refractivity contribution in [2.75, 3.05) is 46.2 Å². The Morgan fingerprint density at radius 3 is 1.35 bits per heavy atom. The summed E-state index contributed by atoms with van der Waals surface area (Å²) in [6.07, 6.45) is 7.15. The molecule has 23 heavy (non-hydrogen) atoms. The molecule has 5 nitrogen and oxygen atoms in total. The Hall–Kier alpha value is -0.650. The summed E-state index contributed by atoms with van der Waals surface area (Å²) in [5, 5.41) is 0. The monoisotopic (exact) mass is 334 g/mol. The van der Waals surface area contributed by atoms with Gasteiger partial charge in [0.2, 0.25) is 0 Å². The molecule has 0 aromatic rings. The van der Waals surface area contributed by atoms with Gasteiger partial charge in [-0.2, -0.15) is 0 Å². The Morgan fingerprint density at radius 2 is 0.957 bits per heavy atom. The number of ether oxygens (including phenoxy) is 4. The minimum absolute atomic E-state index is 0.271. The van der Waals surface area contributed by atoms with Gasteiger partial charge in [0.15, 0.2) is 0 Å². The van der Waals surface area contributed by atoms with E-state index in [-0.39, 0.29) is 5.97 Å². The van der Waals surface area contributed by atoms with Crippen LogP contribution in [0.2, 0.25) is 0 Å². The third-order valence-corrected chi connectivity index (χ3v) is 2.83. The highest BCUT2D eigenvalue weighted by Crippen LogP contribution is 1.91. The lowest BCUT2D eigenvalue weighted by atomic mass is 10.3. The van der Waals surface area contributed by atoms with Gasteiger partial charge in [0.1, 0.15) is 6.61 Å². The van der Waals surface area contributed by atoms with Gasteiger partial charge in [0, 0.05) is 26.7 Å². The quantitative estimate of drug-likeness (QED) is 0.335. The number of unbranched alkanes of at least 4 members (excludes halogenated alkanes) is 3. The van der Waals surface area contributed by atoms with Crippen LogP contribution in [0, 0.1) is 0 Å². The second-order valence-corrected chi connectivity index (χ2v) is 5.24. The number of hydrogen-bond donors (Lipinski definition) is 0. The van der Waals surface area contributed by atoms with E-state index in [0.717, 1.165) is 32.7 Å². The summed E-state index contributed by atoms with van der Waals surface area (Å²) in [6.45, 7) is 12.5. The minimum Gasteiger partial charge on any atom is -0.463 e. The van der Waals surface area contributed by atoms with Crippen molar-refractivity contribution < 1.29 is 23.7 Å². The Labute approximate surface area is 143 Å². The molecular formula is C18H38O5. The second kappa shape index (κ2) is 23.6. The highest BCUT2D eigenvalue weighted by atomic mass is 16.6. The van der Waals surface area contributed by atoms with Crippen LogP contribution in [0.5, 0.6) is 0 Å². The van der Waals surface area contributed by atoms with Crippen molar-refractivity contribution in [3.8, 4) is 0 Å². The first kappa shape index (κ1) is 24.6. The summed E-state index contributed by atoms with van der Waals surface area (Å²) >= 11 is 0.